The Bertz CT molecular complexity index is 2000. The van der Waals surface area contributed by atoms with Gasteiger partial charge >= 0.3 is 0 Å². The molecular weight excluding hydrogens is 713 g/mol. The summed E-state index contributed by atoms with van der Waals surface area (Å²) >= 11 is 1.20. The molecule has 5 rings (SSSR count). The van der Waals surface area contributed by atoms with Gasteiger partial charge in [0.05, 0.1) is 19.1 Å². The Kier molecular flexibility index (Phi) is 12.8. The molecule has 4 N–H and O–H groups in total. The molecule has 0 aliphatic carbocycles. The predicted octanol–water partition coefficient (Wildman–Crippen LogP) is 1.96. The number of hydrogen-bond acceptors (Lipinski definition) is 9. The first-order valence-corrected chi connectivity index (χ1v) is 18.8. The molecule has 1 aliphatic rings. The molecule has 54 heavy (non-hydrogen) atoms. The molecule has 4 heterocycles. The Morgan fingerprint density at radius 3 is 2.39 bits per heavy atom. The highest BCUT2D eigenvalue weighted by molar-refractivity contribution is 7.09. The van der Waals surface area contributed by atoms with E-state index in [-0.39, 0.29) is 49.9 Å². The molecule has 17 heteroatoms. The van der Waals surface area contributed by atoms with Gasteiger partial charge in [0.25, 0.3) is 11.8 Å². The first kappa shape index (κ1) is 39.6. The number of H-pyrrole nitrogens is 1. The summed E-state index contributed by atoms with van der Waals surface area (Å²) in [7, 11) is 3.00. The maximum atomic E-state index is 13.9. The number of carbonyl (C=O) groups excluding carboxylic acids is 6. The van der Waals surface area contributed by atoms with Crippen LogP contribution in [0.4, 0.5) is 0 Å². The molecule has 3 atom stereocenters. The maximum absolute atomic E-state index is 13.9. The van der Waals surface area contributed by atoms with E-state index < -0.39 is 53.6 Å². The molecule has 6 amide bonds. The zero-order valence-electron chi connectivity index (χ0n) is 31.4. The van der Waals surface area contributed by atoms with Crippen molar-refractivity contribution in [3.05, 3.63) is 70.1 Å². The molecule has 0 unspecified atom stereocenters. The van der Waals surface area contributed by atoms with E-state index in [4.69, 9.17) is 0 Å². The van der Waals surface area contributed by atoms with E-state index in [1.807, 2.05) is 45.0 Å². The molecule has 288 valence electrons. The number of aryl methyl sites for hydroxylation is 1. The van der Waals surface area contributed by atoms with Crippen LogP contribution in [0.25, 0.3) is 10.9 Å². The number of nitrogens with zero attached hydrogens (tertiary/aromatic N) is 6. The van der Waals surface area contributed by atoms with Crippen LogP contribution in [0.2, 0.25) is 0 Å². The largest absolute Gasteiger partial charge is 0.361 e. The van der Waals surface area contributed by atoms with Crippen LogP contribution in [0.5, 0.6) is 0 Å². The van der Waals surface area contributed by atoms with Crippen LogP contribution in [-0.2, 0) is 32.1 Å². The molecule has 0 saturated heterocycles. The van der Waals surface area contributed by atoms with Crippen molar-refractivity contribution >= 4 is 57.7 Å². The number of thiazole rings is 1. The van der Waals surface area contributed by atoms with Crippen LogP contribution < -0.4 is 16.0 Å². The number of aromatic nitrogens is 4. The van der Waals surface area contributed by atoms with E-state index in [1.54, 1.807) is 35.6 Å². The highest BCUT2D eigenvalue weighted by Crippen LogP contribution is 2.25. The number of benzene rings is 1. The normalized spacial score (nSPS) is 20.2. The van der Waals surface area contributed by atoms with Gasteiger partial charge in [-0.15, -0.1) is 11.3 Å². The highest BCUT2D eigenvalue weighted by Gasteiger charge is 2.31. The lowest BCUT2D eigenvalue weighted by Crippen LogP contribution is -2.53. The molecule has 4 aromatic rings. The summed E-state index contributed by atoms with van der Waals surface area (Å²) in [6.45, 7) is 7.31. The van der Waals surface area contributed by atoms with Crippen molar-refractivity contribution in [3.63, 3.8) is 0 Å². The van der Waals surface area contributed by atoms with Crippen molar-refractivity contribution in [3.8, 4) is 0 Å². The smallest absolute Gasteiger partial charge is 0.274 e. The van der Waals surface area contributed by atoms with Crippen LogP contribution in [-0.4, -0.2) is 122 Å². The minimum Gasteiger partial charge on any atom is -0.361 e. The van der Waals surface area contributed by atoms with Crippen molar-refractivity contribution in [1.82, 2.24) is 50.4 Å². The second kappa shape index (κ2) is 17.5. The fourth-order valence-electron chi connectivity index (χ4n) is 6.30. The lowest BCUT2D eigenvalue weighted by molar-refractivity contribution is -0.138. The van der Waals surface area contributed by atoms with Crippen LogP contribution in [0.3, 0.4) is 0 Å². The number of likely N-dealkylation sites (N-methyl/N-ethyl adjacent to an activating group) is 2. The van der Waals surface area contributed by atoms with Crippen molar-refractivity contribution < 1.29 is 28.8 Å². The summed E-state index contributed by atoms with van der Waals surface area (Å²) in [5, 5.41) is 15.8. The summed E-state index contributed by atoms with van der Waals surface area (Å²) in [5.41, 5.74) is 1.88. The van der Waals surface area contributed by atoms with Gasteiger partial charge in [-0.25, -0.2) is 4.98 Å². The van der Waals surface area contributed by atoms with Gasteiger partial charge in [-0.05, 0) is 43.9 Å². The molecule has 0 radical (unpaired) electrons. The number of carbonyl (C=O) groups is 6. The van der Waals surface area contributed by atoms with Gasteiger partial charge in [0.1, 0.15) is 28.5 Å². The predicted molar refractivity (Wildman–Crippen MR) is 202 cm³/mol. The number of rotatable bonds is 6. The fourth-order valence-corrected chi connectivity index (χ4v) is 7.16. The van der Waals surface area contributed by atoms with Crippen LogP contribution >= 0.6 is 11.3 Å². The first-order chi connectivity index (χ1) is 25.7. The van der Waals surface area contributed by atoms with Crippen molar-refractivity contribution in [2.24, 2.45) is 5.92 Å². The second-order valence-corrected chi connectivity index (χ2v) is 14.8. The monoisotopic (exact) mass is 760 g/mol. The summed E-state index contributed by atoms with van der Waals surface area (Å²) in [5.74, 6) is -2.94. The molecule has 1 aliphatic heterocycles. The van der Waals surface area contributed by atoms with E-state index in [9.17, 15) is 28.8 Å². The highest BCUT2D eigenvalue weighted by atomic mass is 32.1. The molecule has 0 fully saturated rings. The van der Waals surface area contributed by atoms with Gasteiger partial charge in [0, 0.05) is 68.8 Å². The average Bonchev–Trinajstić information content (AvgIpc) is 3.92. The molecule has 0 saturated carbocycles. The number of fused-ring (bicyclic) bond motifs is 3. The molecular formula is C37H48N10O6S. The van der Waals surface area contributed by atoms with Crippen LogP contribution in [0, 0.1) is 5.92 Å². The number of amides is 6. The first-order valence-electron chi connectivity index (χ1n) is 18.0. The van der Waals surface area contributed by atoms with Gasteiger partial charge in [-0.1, -0.05) is 32.0 Å². The molecule has 0 spiro atoms. The third-order valence-corrected chi connectivity index (χ3v) is 10.1. The van der Waals surface area contributed by atoms with Gasteiger partial charge in [-0.2, -0.15) is 5.10 Å². The zero-order valence-corrected chi connectivity index (χ0v) is 32.2. The molecule has 1 aromatic carbocycles. The number of nitrogens with one attached hydrogen (secondary N) is 4. The Morgan fingerprint density at radius 1 is 0.926 bits per heavy atom. The molecule has 2 bridgehead atoms. The minimum absolute atomic E-state index is 0.000376. The van der Waals surface area contributed by atoms with E-state index in [0.29, 0.717) is 18.0 Å². The van der Waals surface area contributed by atoms with Crippen molar-refractivity contribution in [2.75, 3.05) is 40.3 Å². The Hall–Kier alpha value is -5.58. The maximum Gasteiger partial charge on any atom is 0.274 e. The molecule has 16 nitrogen and oxygen atoms in total. The van der Waals surface area contributed by atoms with E-state index in [1.165, 1.54) is 40.0 Å². The van der Waals surface area contributed by atoms with Crippen LogP contribution in [0.15, 0.2) is 48.1 Å². The van der Waals surface area contributed by atoms with E-state index in [2.05, 4.69) is 31.0 Å². The van der Waals surface area contributed by atoms with Gasteiger partial charge < -0.3 is 35.6 Å². The Labute approximate surface area is 317 Å². The third kappa shape index (κ3) is 9.69. The third-order valence-electron chi connectivity index (χ3n) is 9.19. The SMILES string of the molecule is CCn1ccc(C(=O)N2CCN(C)C(=O)[C@H](C)NC(=O)CN(C)C(=O)[C@@H](Cc3c[nH]c4ccccc34)NC(=O)c3csc(n3)[C@H](CC(C)C)NC(=O)C2)n1. The standard InChI is InChI=1S/C37H48N10O6S/c1-7-47-13-12-27(43-47)37(53)46-15-14-44(5)35(51)23(4)39-31(48)19-45(6)36(52)29(17-24-18-38-26-11-9-8-10-25(24)26)41-33(50)30-21-54-34(42-30)28(16-22(2)3)40-32(49)20-46/h8-13,18,21-23,28-29,38H,7,14-17,19-20H2,1-6H3,(H,39,48)(H,40,49)(H,41,50)/t23-,28-,29+/m0/s1. The summed E-state index contributed by atoms with van der Waals surface area (Å²) in [6, 6.07) is 6.55. The summed E-state index contributed by atoms with van der Waals surface area (Å²) < 4.78 is 1.60. The fraction of sp³-hybridized carbons (Fsp3) is 0.459. The number of para-hydroxylation sites is 1. The molecule has 3 aromatic heterocycles. The van der Waals surface area contributed by atoms with Crippen molar-refractivity contribution in [2.45, 2.75) is 65.2 Å². The number of hydrogen-bond donors (Lipinski definition) is 4. The Morgan fingerprint density at radius 2 is 1.67 bits per heavy atom. The van der Waals surface area contributed by atoms with Gasteiger partial charge in [0.2, 0.25) is 23.6 Å². The van der Waals surface area contributed by atoms with Crippen molar-refractivity contribution in [1.29, 1.82) is 0 Å². The van der Waals surface area contributed by atoms with Gasteiger partial charge in [-0.3, -0.25) is 33.4 Å². The van der Waals surface area contributed by atoms with E-state index >= 15 is 0 Å². The number of aromatic amines is 1. The minimum atomic E-state index is -1.07. The second-order valence-electron chi connectivity index (χ2n) is 13.9. The quantitative estimate of drug-likeness (QED) is 0.229. The lowest BCUT2D eigenvalue weighted by atomic mass is 10.0. The summed E-state index contributed by atoms with van der Waals surface area (Å²) in [6.07, 6.45) is 4.08. The lowest BCUT2D eigenvalue weighted by Gasteiger charge is -2.28. The Balaban J connectivity index is 1.46. The topological polar surface area (TPSA) is 195 Å². The zero-order chi connectivity index (χ0) is 39.1. The summed E-state index contributed by atoms with van der Waals surface area (Å²) in [4.78, 5) is 93.2. The average molecular weight is 761 g/mol. The van der Waals surface area contributed by atoms with E-state index in [0.717, 1.165) is 16.5 Å². The van der Waals surface area contributed by atoms with Crippen LogP contribution in [0.1, 0.15) is 71.7 Å². The van der Waals surface area contributed by atoms with Gasteiger partial charge in [0.15, 0.2) is 0 Å².